The summed E-state index contributed by atoms with van der Waals surface area (Å²) in [7, 11) is 0. The number of nitrogens with one attached hydrogen (secondary N) is 3. The number of nitrogens with zero attached hydrogens (tertiary/aromatic N) is 3. The predicted octanol–water partition coefficient (Wildman–Crippen LogP) is 2.93. The number of aromatic nitrogens is 5. The van der Waals surface area contributed by atoms with E-state index in [1.165, 1.54) is 17.8 Å². The molecular weight excluding hydrogens is 464 g/mol. The van der Waals surface area contributed by atoms with E-state index in [0.29, 0.717) is 27.4 Å². The fraction of sp³-hybridized carbons (Fsp3) is 0.136. The Morgan fingerprint density at radius 2 is 1.88 bits per heavy atom. The van der Waals surface area contributed by atoms with Crippen molar-refractivity contribution >= 4 is 35.0 Å². The van der Waals surface area contributed by atoms with Gasteiger partial charge in [0, 0.05) is 34.6 Å². The fourth-order valence-corrected chi connectivity index (χ4v) is 4.08. The lowest BCUT2D eigenvalue weighted by atomic mass is 10.2. The van der Waals surface area contributed by atoms with Crippen molar-refractivity contribution in [2.24, 2.45) is 0 Å². The minimum atomic E-state index is -0.590. The molecule has 1 amide bonds. The van der Waals surface area contributed by atoms with Crippen LogP contribution in [-0.2, 0) is 11.2 Å². The second-order valence-electron chi connectivity index (χ2n) is 7.21. The summed E-state index contributed by atoms with van der Waals surface area (Å²) in [6, 6.07) is 15.9. The first kappa shape index (κ1) is 22.6. The van der Waals surface area contributed by atoms with E-state index in [9.17, 15) is 14.4 Å². The van der Waals surface area contributed by atoms with Crippen molar-refractivity contribution in [3.8, 4) is 5.69 Å². The lowest BCUT2D eigenvalue weighted by Crippen LogP contribution is -2.23. The van der Waals surface area contributed by atoms with Gasteiger partial charge in [-0.3, -0.25) is 19.1 Å². The molecule has 0 atom stereocenters. The van der Waals surface area contributed by atoms with Crippen LogP contribution in [-0.4, -0.2) is 36.4 Å². The molecule has 2 heterocycles. The van der Waals surface area contributed by atoms with E-state index in [4.69, 9.17) is 11.6 Å². The van der Waals surface area contributed by atoms with E-state index in [2.05, 4.69) is 25.5 Å². The molecule has 168 valence electrons. The van der Waals surface area contributed by atoms with Gasteiger partial charge in [0.15, 0.2) is 5.16 Å². The number of aryl methyl sites for hydroxylation is 1. The van der Waals surface area contributed by atoms with Crippen molar-refractivity contribution in [3.05, 3.63) is 97.5 Å². The summed E-state index contributed by atoms with van der Waals surface area (Å²) in [5.41, 5.74) is 1.80. The van der Waals surface area contributed by atoms with Crippen LogP contribution in [0.4, 0.5) is 5.69 Å². The smallest absolute Gasteiger partial charge is 0.325 e. The van der Waals surface area contributed by atoms with E-state index in [1.54, 1.807) is 24.3 Å². The Bertz CT molecular complexity index is 1380. The first-order valence-corrected chi connectivity index (χ1v) is 11.3. The Hall–Kier alpha value is -3.63. The zero-order valence-corrected chi connectivity index (χ0v) is 19.0. The third-order valence-electron chi connectivity index (χ3n) is 4.59. The molecule has 0 aliphatic carbocycles. The highest BCUT2D eigenvalue weighted by Crippen LogP contribution is 2.24. The molecule has 0 fully saturated rings. The van der Waals surface area contributed by atoms with Crippen LogP contribution >= 0.6 is 23.4 Å². The molecule has 11 heteroatoms. The molecule has 3 N–H and O–H groups in total. The van der Waals surface area contributed by atoms with Gasteiger partial charge in [-0.2, -0.15) is 0 Å². The number of aromatic amines is 2. The van der Waals surface area contributed by atoms with Gasteiger partial charge in [-0.1, -0.05) is 35.5 Å². The van der Waals surface area contributed by atoms with Crippen molar-refractivity contribution in [1.82, 2.24) is 24.7 Å². The minimum Gasteiger partial charge on any atom is -0.325 e. The third kappa shape index (κ3) is 5.79. The standard InChI is InChI=1S/C22H19ClN6O3S/c1-13-3-2-4-17(9-13)29-18(10-16-11-19(30)26-21(32)25-16)27-28-22(29)33-12-20(31)24-15-7-5-14(23)6-8-15/h2-9,11H,10,12H2,1H3,(H,24,31)(H2,25,26,30,32). The Morgan fingerprint density at radius 1 is 1.09 bits per heavy atom. The summed E-state index contributed by atoms with van der Waals surface area (Å²) in [6.45, 7) is 1.97. The van der Waals surface area contributed by atoms with Crippen molar-refractivity contribution in [1.29, 1.82) is 0 Å². The van der Waals surface area contributed by atoms with Crippen molar-refractivity contribution in [2.75, 3.05) is 11.1 Å². The lowest BCUT2D eigenvalue weighted by molar-refractivity contribution is -0.113. The highest BCUT2D eigenvalue weighted by molar-refractivity contribution is 7.99. The van der Waals surface area contributed by atoms with Gasteiger partial charge < -0.3 is 10.3 Å². The maximum absolute atomic E-state index is 12.4. The van der Waals surface area contributed by atoms with Crippen molar-refractivity contribution in [2.45, 2.75) is 18.5 Å². The molecule has 0 bridgehead atoms. The van der Waals surface area contributed by atoms with Crippen molar-refractivity contribution in [3.63, 3.8) is 0 Å². The largest absolute Gasteiger partial charge is 0.325 e. The van der Waals surface area contributed by atoms with Crippen LogP contribution in [0.15, 0.2) is 69.3 Å². The number of thioether (sulfide) groups is 1. The van der Waals surface area contributed by atoms with Crippen molar-refractivity contribution < 1.29 is 4.79 Å². The minimum absolute atomic E-state index is 0.106. The van der Waals surface area contributed by atoms with Gasteiger partial charge in [0.05, 0.1) is 5.75 Å². The number of rotatable bonds is 7. The van der Waals surface area contributed by atoms with Crippen LogP contribution < -0.4 is 16.6 Å². The summed E-state index contributed by atoms with van der Waals surface area (Å²) in [6.07, 6.45) is 0.178. The predicted molar refractivity (Wildman–Crippen MR) is 127 cm³/mol. The normalized spacial score (nSPS) is 10.8. The molecule has 0 saturated heterocycles. The monoisotopic (exact) mass is 482 g/mol. The molecule has 0 saturated carbocycles. The lowest BCUT2D eigenvalue weighted by Gasteiger charge is -2.11. The molecular formula is C22H19ClN6O3S. The number of carbonyl (C=O) groups is 1. The molecule has 0 aliphatic heterocycles. The van der Waals surface area contributed by atoms with Gasteiger partial charge in [-0.15, -0.1) is 10.2 Å². The van der Waals surface area contributed by atoms with Crippen LogP contribution in [0.5, 0.6) is 0 Å². The Labute approximate surface area is 197 Å². The first-order chi connectivity index (χ1) is 15.9. The molecule has 4 aromatic rings. The zero-order chi connectivity index (χ0) is 23.4. The van der Waals surface area contributed by atoms with Gasteiger partial charge in [0.2, 0.25) is 5.91 Å². The van der Waals surface area contributed by atoms with Crippen LogP contribution in [0.3, 0.4) is 0 Å². The van der Waals surface area contributed by atoms with Gasteiger partial charge in [0.25, 0.3) is 5.56 Å². The SMILES string of the molecule is Cc1cccc(-n2c(Cc3cc(=O)[nH]c(=O)[nH]3)nnc2SCC(=O)Nc2ccc(Cl)cc2)c1. The molecule has 2 aromatic carbocycles. The molecule has 4 rings (SSSR count). The second-order valence-corrected chi connectivity index (χ2v) is 8.59. The maximum Gasteiger partial charge on any atom is 0.325 e. The first-order valence-electron chi connectivity index (χ1n) is 9.89. The Balaban J connectivity index is 1.59. The molecule has 33 heavy (non-hydrogen) atoms. The molecule has 2 aromatic heterocycles. The summed E-state index contributed by atoms with van der Waals surface area (Å²) < 4.78 is 1.81. The third-order valence-corrected chi connectivity index (χ3v) is 5.77. The Morgan fingerprint density at radius 3 is 2.61 bits per heavy atom. The number of anilines is 1. The quantitative estimate of drug-likeness (QED) is 0.348. The molecule has 0 unspecified atom stereocenters. The molecule has 9 nitrogen and oxygen atoms in total. The van der Waals surface area contributed by atoms with E-state index in [1.807, 2.05) is 35.8 Å². The molecule has 0 spiro atoms. The van der Waals surface area contributed by atoms with Crippen LogP contribution in [0.2, 0.25) is 5.02 Å². The van der Waals surface area contributed by atoms with Gasteiger partial charge in [-0.05, 0) is 48.9 Å². The highest BCUT2D eigenvalue weighted by Gasteiger charge is 2.17. The zero-order valence-electron chi connectivity index (χ0n) is 17.5. The van der Waals surface area contributed by atoms with Gasteiger partial charge in [0.1, 0.15) is 5.82 Å². The topological polar surface area (TPSA) is 126 Å². The number of H-pyrrole nitrogens is 2. The number of hydrogen-bond donors (Lipinski definition) is 3. The number of halogens is 1. The number of carbonyl (C=O) groups excluding carboxylic acids is 1. The van der Waals surface area contributed by atoms with Gasteiger partial charge >= 0.3 is 5.69 Å². The van der Waals surface area contributed by atoms with Crippen LogP contribution in [0, 0.1) is 6.92 Å². The van der Waals surface area contributed by atoms with Crippen LogP contribution in [0.1, 0.15) is 17.1 Å². The molecule has 0 aliphatic rings. The maximum atomic E-state index is 12.4. The number of amides is 1. The van der Waals surface area contributed by atoms with E-state index >= 15 is 0 Å². The second kappa shape index (κ2) is 9.88. The average Bonchev–Trinajstić information content (AvgIpc) is 3.15. The van der Waals surface area contributed by atoms with E-state index in [-0.39, 0.29) is 18.1 Å². The Kier molecular flexibility index (Phi) is 6.76. The number of benzene rings is 2. The average molecular weight is 483 g/mol. The summed E-state index contributed by atoms with van der Waals surface area (Å²) in [5.74, 6) is 0.415. The summed E-state index contributed by atoms with van der Waals surface area (Å²) >= 11 is 7.11. The summed E-state index contributed by atoms with van der Waals surface area (Å²) in [5, 5.41) is 12.4. The van der Waals surface area contributed by atoms with E-state index < -0.39 is 11.2 Å². The van der Waals surface area contributed by atoms with Crippen LogP contribution in [0.25, 0.3) is 5.69 Å². The number of hydrogen-bond acceptors (Lipinski definition) is 6. The van der Waals surface area contributed by atoms with E-state index in [0.717, 1.165) is 11.3 Å². The fourth-order valence-electron chi connectivity index (χ4n) is 3.18. The summed E-state index contributed by atoms with van der Waals surface area (Å²) in [4.78, 5) is 40.5. The molecule has 0 radical (unpaired) electrons. The highest BCUT2D eigenvalue weighted by atomic mass is 35.5. The van der Waals surface area contributed by atoms with Gasteiger partial charge in [-0.25, -0.2) is 4.79 Å².